The van der Waals surface area contributed by atoms with E-state index in [2.05, 4.69) is 5.32 Å². The molecule has 4 rings (SSSR count). The van der Waals surface area contributed by atoms with Crippen molar-refractivity contribution in [2.75, 3.05) is 6.61 Å². The van der Waals surface area contributed by atoms with Crippen LogP contribution in [0.1, 0.15) is 30.1 Å². The fourth-order valence-corrected chi connectivity index (χ4v) is 7.31. The molecule has 0 saturated carbocycles. The van der Waals surface area contributed by atoms with Gasteiger partial charge in [0.05, 0.1) is 29.2 Å². The molecule has 0 unspecified atom stereocenters. The molecule has 0 aliphatic carbocycles. The zero-order valence-electron chi connectivity index (χ0n) is 19.6. The van der Waals surface area contributed by atoms with Gasteiger partial charge >= 0.3 is 5.97 Å². The summed E-state index contributed by atoms with van der Waals surface area (Å²) in [5.74, 6) is -1.62. The minimum atomic E-state index is -4.34. The average Bonchev–Trinajstić information content (AvgIpc) is 2.83. The molecule has 0 spiro atoms. The number of halogens is 5. The van der Waals surface area contributed by atoms with Crippen LogP contribution < -0.4 is 5.32 Å². The number of carbonyl (C=O) groups is 1. The first-order valence-electron chi connectivity index (χ1n) is 11.2. The van der Waals surface area contributed by atoms with Crippen LogP contribution >= 0.6 is 58.0 Å². The van der Waals surface area contributed by atoms with E-state index < -0.39 is 38.9 Å². The lowest BCUT2D eigenvalue weighted by atomic mass is 9.87. The summed E-state index contributed by atoms with van der Waals surface area (Å²) in [7, 11) is -4.34. The quantitative estimate of drug-likeness (QED) is 0.272. The van der Waals surface area contributed by atoms with Crippen molar-refractivity contribution >= 4 is 73.8 Å². The number of esters is 1. The van der Waals surface area contributed by atoms with Crippen molar-refractivity contribution in [1.82, 2.24) is 5.32 Å². The molecular weight excluding hydrogens is 616 g/mol. The number of hydrogen-bond acceptors (Lipinski definition) is 6. The van der Waals surface area contributed by atoms with Crippen molar-refractivity contribution in [3.63, 3.8) is 0 Å². The van der Waals surface area contributed by atoms with Crippen molar-refractivity contribution in [2.45, 2.75) is 29.2 Å². The van der Waals surface area contributed by atoms with Gasteiger partial charge in [-0.3, -0.25) is 5.32 Å². The number of nitrogens with one attached hydrogen (secondary N) is 1. The SMILES string of the molecule is CCOC(=O)C1=C(O)[C@@H](S(=O)(=O)c2ccc(Cl)cc2)[C@H](c2ccc(Cl)cc2Cl)N[C@H]1c1ccc(Cl)cc1Cl. The van der Waals surface area contributed by atoms with E-state index in [0.717, 1.165) is 0 Å². The first kappa shape index (κ1) is 29.0. The van der Waals surface area contributed by atoms with Crippen LogP contribution in [0.25, 0.3) is 0 Å². The molecule has 2 N–H and O–H groups in total. The number of aliphatic hydroxyl groups excluding tert-OH is 1. The normalized spacial score (nSPS) is 19.9. The number of ether oxygens (including phenoxy) is 1. The first-order valence-corrected chi connectivity index (χ1v) is 14.6. The van der Waals surface area contributed by atoms with Crippen LogP contribution in [0.5, 0.6) is 0 Å². The standard InChI is InChI=1S/C26H20Cl5NO5S/c1-2-37-26(34)21-22(17-9-5-14(28)11-19(17)30)32-23(18-10-6-15(29)12-20(18)31)25(24(21)33)38(35,36)16-7-3-13(27)4-8-16/h3-12,22-23,25,32-33H,2H2,1H3/t22-,23-,25-/m0/s1. The smallest absolute Gasteiger partial charge is 0.339 e. The Morgan fingerprint density at radius 3 is 1.92 bits per heavy atom. The molecule has 1 aliphatic heterocycles. The molecule has 3 aromatic carbocycles. The molecule has 12 heteroatoms. The number of rotatable bonds is 6. The molecule has 3 atom stereocenters. The maximum atomic E-state index is 14.0. The molecule has 0 saturated heterocycles. The Bertz CT molecular complexity index is 1530. The van der Waals surface area contributed by atoms with Gasteiger partial charge in [-0.1, -0.05) is 70.1 Å². The maximum Gasteiger partial charge on any atom is 0.339 e. The second-order valence-corrected chi connectivity index (χ2v) is 12.5. The molecule has 1 heterocycles. The third-order valence-corrected chi connectivity index (χ3v) is 9.50. The van der Waals surface area contributed by atoms with E-state index in [0.29, 0.717) is 26.2 Å². The third-order valence-electron chi connectivity index (χ3n) is 6.03. The highest BCUT2D eigenvalue weighted by molar-refractivity contribution is 7.92. The fourth-order valence-electron chi connectivity index (χ4n) is 4.33. The molecule has 38 heavy (non-hydrogen) atoms. The number of carbonyl (C=O) groups excluding carboxylic acids is 1. The van der Waals surface area contributed by atoms with Crippen LogP contribution in [0, 0.1) is 0 Å². The van der Waals surface area contributed by atoms with E-state index in [1.54, 1.807) is 31.2 Å². The predicted molar refractivity (Wildman–Crippen MR) is 150 cm³/mol. The summed E-state index contributed by atoms with van der Waals surface area (Å²) >= 11 is 31.1. The van der Waals surface area contributed by atoms with Gasteiger partial charge in [0.2, 0.25) is 0 Å². The Hall–Kier alpha value is -1.97. The second kappa shape index (κ2) is 11.6. The van der Waals surface area contributed by atoms with Crippen LogP contribution in [-0.4, -0.2) is 31.4 Å². The van der Waals surface area contributed by atoms with Gasteiger partial charge in [-0.05, 0) is 66.6 Å². The van der Waals surface area contributed by atoms with Crippen molar-refractivity contribution < 1.29 is 23.1 Å². The lowest BCUT2D eigenvalue weighted by Gasteiger charge is -2.38. The molecule has 1 aliphatic rings. The summed E-state index contributed by atoms with van der Waals surface area (Å²) in [6, 6.07) is 12.4. The maximum absolute atomic E-state index is 14.0. The van der Waals surface area contributed by atoms with E-state index in [9.17, 15) is 18.3 Å². The Kier molecular flexibility index (Phi) is 8.89. The van der Waals surface area contributed by atoms with E-state index in [1.165, 1.54) is 36.4 Å². The van der Waals surface area contributed by atoms with Crippen LogP contribution in [0.15, 0.2) is 76.9 Å². The average molecular weight is 636 g/mol. The van der Waals surface area contributed by atoms with E-state index in [4.69, 9.17) is 62.7 Å². The number of sulfone groups is 1. The molecule has 0 fully saturated rings. The Morgan fingerprint density at radius 1 is 0.868 bits per heavy atom. The fraction of sp³-hybridized carbons (Fsp3) is 0.192. The first-order chi connectivity index (χ1) is 17.9. The van der Waals surface area contributed by atoms with Crippen LogP contribution in [0.3, 0.4) is 0 Å². The van der Waals surface area contributed by atoms with Crippen LogP contribution in [0.4, 0.5) is 0 Å². The molecule has 0 radical (unpaired) electrons. The van der Waals surface area contributed by atoms with Gasteiger partial charge in [0, 0.05) is 25.1 Å². The molecule has 200 valence electrons. The highest BCUT2D eigenvalue weighted by Gasteiger charge is 2.49. The third kappa shape index (κ3) is 5.65. The van der Waals surface area contributed by atoms with Gasteiger partial charge < -0.3 is 9.84 Å². The molecule has 3 aromatic rings. The van der Waals surface area contributed by atoms with E-state index >= 15 is 0 Å². The number of benzene rings is 3. The van der Waals surface area contributed by atoms with Crippen molar-refractivity contribution in [3.05, 3.63) is 108 Å². The minimum Gasteiger partial charge on any atom is -0.510 e. The molecule has 0 bridgehead atoms. The lowest BCUT2D eigenvalue weighted by Crippen LogP contribution is -2.47. The van der Waals surface area contributed by atoms with Crippen molar-refractivity contribution in [1.29, 1.82) is 0 Å². The van der Waals surface area contributed by atoms with Crippen molar-refractivity contribution in [2.24, 2.45) is 0 Å². The highest BCUT2D eigenvalue weighted by Crippen LogP contribution is 2.45. The Balaban J connectivity index is 2.02. The zero-order valence-corrected chi connectivity index (χ0v) is 24.2. The van der Waals surface area contributed by atoms with Gasteiger partial charge in [0.25, 0.3) is 0 Å². The summed E-state index contributed by atoms with van der Waals surface area (Å²) in [5, 5.41) is 14.5. The molecular formula is C26H20Cl5NO5S. The Morgan fingerprint density at radius 2 is 1.39 bits per heavy atom. The van der Waals surface area contributed by atoms with Gasteiger partial charge in [-0.25, -0.2) is 13.2 Å². The topological polar surface area (TPSA) is 92.7 Å². The summed E-state index contributed by atoms with van der Waals surface area (Å²) in [6.45, 7) is 1.58. The molecule has 0 aromatic heterocycles. The summed E-state index contributed by atoms with van der Waals surface area (Å²) in [6.07, 6.45) is 0. The number of hydrogen-bond donors (Lipinski definition) is 2. The van der Waals surface area contributed by atoms with E-state index in [-0.39, 0.29) is 27.1 Å². The lowest BCUT2D eigenvalue weighted by molar-refractivity contribution is -0.139. The van der Waals surface area contributed by atoms with E-state index in [1.807, 2.05) is 0 Å². The van der Waals surface area contributed by atoms with Crippen molar-refractivity contribution in [3.8, 4) is 0 Å². The van der Waals surface area contributed by atoms with Crippen LogP contribution in [0.2, 0.25) is 25.1 Å². The summed E-state index contributed by atoms with van der Waals surface area (Å²) in [4.78, 5) is 13.1. The zero-order chi connectivity index (χ0) is 27.8. The minimum absolute atomic E-state index is 0.0161. The summed E-state index contributed by atoms with van der Waals surface area (Å²) < 4.78 is 33.2. The van der Waals surface area contributed by atoms with Gasteiger partial charge in [-0.2, -0.15) is 0 Å². The second-order valence-electron chi connectivity index (χ2n) is 8.35. The van der Waals surface area contributed by atoms with Crippen LogP contribution in [-0.2, 0) is 19.4 Å². The number of aliphatic hydroxyl groups is 1. The Labute approximate surface area is 245 Å². The molecule has 6 nitrogen and oxygen atoms in total. The van der Waals surface area contributed by atoms with Gasteiger partial charge in [-0.15, -0.1) is 0 Å². The highest BCUT2D eigenvalue weighted by atomic mass is 35.5. The predicted octanol–water partition coefficient (Wildman–Crippen LogP) is 7.56. The molecule has 0 amide bonds. The summed E-state index contributed by atoms with van der Waals surface area (Å²) in [5.41, 5.74) is 0.381. The monoisotopic (exact) mass is 633 g/mol. The largest absolute Gasteiger partial charge is 0.510 e. The van der Waals surface area contributed by atoms with Gasteiger partial charge in [0.1, 0.15) is 11.0 Å². The van der Waals surface area contributed by atoms with Gasteiger partial charge in [0.15, 0.2) is 9.84 Å².